The lowest BCUT2D eigenvalue weighted by Gasteiger charge is -2.09. The molecule has 1 rings (SSSR count). The molecule has 0 aliphatic rings. The maximum Gasteiger partial charge on any atom is 0.387 e. The van der Waals surface area contributed by atoms with Crippen LogP contribution in [0.25, 0.3) is 0 Å². The number of hydrogen-bond acceptors (Lipinski definition) is 3. The molecule has 0 atom stereocenters. The molecule has 0 saturated carbocycles. The van der Waals surface area contributed by atoms with Gasteiger partial charge in [0.15, 0.2) is 0 Å². The Morgan fingerprint density at radius 1 is 1.06 bits per heavy atom. The number of halogens is 4. The Balaban J connectivity index is 2.97. The first kappa shape index (κ1) is 12.1. The summed E-state index contributed by atoms with van der Waals surface area (Å²) in [4.78, 5) is 0. The van der Waals surface area contributed by atoms with Crippen molar-refractivity contribution >= 4 is 0 Å². The van der Waals surface area contributed by atoms with Crippen LogP contribution in [0.3, 0.4) is 0 Å². The van der Waals surface area contributed by atoms with Crippen molar-refractivity contribution in [3.8, 4) is 17.6 Å². The topological polar surface area (TPSA) is 42.2 Å². The first-order chi connectivity index (χ1) is 7.52. The fourth-order valence-corrected chi connectivity index (χ4v) is 0.965. The predicted octanol–water partition coefficient (Wildman–Crippen LogP) is 2.76. The Hall–Kier alpha value is -1.97. The lowest BCUT2D eigenvalue weighted by atomic mass is 10.2. The molecule has 86 valence electrons. The van der Waals surface area contributed by atoms with E-state index in [1.165, 1.54) is 0 Å². The normalized spacial score (nSPS) is 10.3. The Labute approximate surface area is 87.8 Å². The number of rotatable bonds is 4. The van der Waals surface area contributed by atoms with Gasteiger partial charge in [-0.1, -0.05) is 0 Å². The number of nitriles is 1. The van der Waals surface area contributed by atoms with Crippen molar-refractivity contribution in [2.45, 2.75) is 13.2 Å². The summed E-state index contributed by atoms with van der Waals surface area (Å²) in [5.41, 5.74) is -0.193. The molecule has 0 amide bonds. The van der Waals surface area contributed by atoms with E-state index in [1.54, 1.807) is 6.07 Å². The number of hydrogen-bond donors (Lipinski definition) is 0. The van der Waals surface area contributed by atoms with Gasteiger partial charge in [0.2, 0.25) is 0 Å². The number of alkyl halides is 4. The lowest BCUT2D eigenvalue weighted by Crippen LogP contribution is -2.05. The van der Waals surface area contributed by atoms with Gasteiger partial charge in [0.1, 0.15) is 17.6 Å². The van der Waals surface area contributed by atoms with E-state index in [1.807, 2.05) is 0 Å². The first-order valence-corrected chi connectivity index (χ1v) is 3.96. The highest BCUT2D eigenvalue weighted by Crippen LogP contribution is 2.26. The minimum absolute atomic E-state index is 0.193. The summed E-state index contributed by atoms with van der Waals surface area (Å²) in [5.74, 6) is -0.861. The summed E-state index contributed by atoms with van der Waals surface area (Å²) >= 11 is 0. The molecule has 0 unspecified atom stereocenters. The highest BCUT2D eigenvalue weighted by molar-refractivity contribution is 5.47. The number of benzene rings is 1. The average molecular weight is 235 g/mol. The van der Waals surface area contributed by atoms with Gasteiger partial charge in [0.25, 0.3) is 0 Å². The summed E-state index contributed by atoms with van der Waals surface area (Å²) in [6, 6.07) is 4.49. The van der Waals surface area contributed by atoms with E-state index in [4.69, 9.17) is 5.26 Å². The zero-order valence-corrected chi connectivity index (χ0v) is 7.66. The third-order valence-electron chi connectivity index (χ3n) is 1.51. The van der Waals surface area contributed by atoms with Crippen LogP contribution in [0.5, 0.6) is 11.5 Å². The third kappa shape index (κ3) is 3.31. The minimum Gasteiger partial charge on any atom is -0.435 e. The van der Waals surface area contributed by atoms with E-state index in [9.17, 15) is 17.6 Å². The molecular weight excluding hydrogens is 230 g/mol. The number of nitrogens with zero attached hydrogens (tertiary/aromatic N) is 1. The van der Waals surface area contributed by atoms with Crippen LogP contribution in [0.2, 0.25) is 0 Å². The molecule has 0 aromatic heterocycles. The summed E-state index contributed by atoms with van der Waals surface area (Å²) in [6.45, 7) is -6.22. The Bertz CT molecular complexity index is 403. The van der Waals surface area contributed by atoms with Crippen molar-refractivity contribution in [2.75, 3.05) is 0 Å². The van der Waals surface area contributed by atoms with Gasteiger partial charge in [-0.3, -0.25) is 0 Å². The molecule has 1 aromatic carbocycles. The van der Waals surface area contributed by atoms with Gasteiger partial charge in [-0.15, -0.1) is 0 Å². The zero-order valence-electron chi connectivity index (χ0n) is 7.66. The monoisotopic (exact) mass is 235 g/mol. The molecule has 0 heterocycles. The SMILES string of the molecule is N#Cc1ccc(OC(F)F)cc1OC(F)F. The van der Waals surface area contributed by atoms with Gasteiger partial charge in [-0.05, 0) is 12.1 Å². The van der Waals surface area contributed by atoms with E-state index in [2.05, 4.69) is 9.47 Å². The fourth-order valence-electron chi connectivity index (χ4n) is 0.965. The van der Waals surface area contributed by atoms with Gasteiger partial charge in [0.05, 0.1) is 5.56 Å². The Morgan fingerprint density at radius 2 is 1.69 bits per heavy atom. The molecular formula is C9H5F4NO2. The van der Waals surface area contributed by atoms with Crippen molar-refractivity contribution in [2.24, 2.45) is 0 Å². The third-order valence-corrected chi connectivity index (χ3v) is 1.51. The molecule has 1 aromatic rings. The summed E-state index contributed by atoms with van der Waals surface area (Å²) < 4.78 is 55.4. The Morgan fingerprint density at radius 3 is 2.19 bits per heavy atom. The van der Waals surface area contributed by atoms with E-state index >= 15 is 0 Å². The molecule has 16 heavy (non-hydrogen) atoms. The molecule has 0 saturated heterocycles. The molecule has 3 nitrogen and oxygen atoms in total. The second-order valence-corrected chi connectivity index (χ2v) is 2.53. The molecule has 0 fully saturated rings. The van der Waals surface area contributed by atoms with Crippen LogP contribution in [-0.4, -0.2) is 13.2 Å². The second-order valence-electron chi connectivity index (χ2n) is 2.53. The minimum atomic E-state index is -3.14. The first-order valence-electron chi connectivity index (χ1n) is 3.96. The Kier molecular flexibility index (Phi) is 3.94. The van der Waals surface area contributed by atoms with E-state index in [0.717, 1.165) is 18.2 Å². The maximum absolute atomic E-state index is 11.9. The quantitative estimate of drug-likeness (QED) is 0.753. The number of ether oxygens (including phenoxy) is 2. The van der Waals surface area contributed by atoms with Crippen molar-refractivity contribution in [1.82, 2.24) is 0 Å². The zero-order chi connectivity index (χ0) is 12.1. The van der Waals surface area contributed by atoms with Gasteiger partial charge in [0, 0.05) is 6.07 Å². The average Bonchev–Trinajstić information content (AvgIpc) is 2.16. The summed E-state index contributed by atoms with van der Waals surface area (Å²) in [5, 5.41) is 8.54. The van der Waals surface area contributed by atoms with Crippen LogP contribution >= 0.6 is 0 Å². The van der Waals surface area contributed by atoms with Crippen LogP contribution in [0.4, 0.5) is 17.6 Å². The predicted molar refractivity (Wildman–Crippen MR) is 44.4 cm³/mol. The van der Waals surface area contributed by atoms with Crippen molar-refractivity contribution in [1.29, 1.82) is 5.26 Å². The van der Waals surface area contributed by atoms with E-state index in [-0.39, 0.29) is 11.3 Å². The largest absolute Gasteiger partial charge is 0.435 e. The smallest absolute Gasteiger partial charge is 0.387 e. The van der Waals surface area contributed by atoms with E-state index < -0.39 is 19.0 Å². The lowest BCUT2D eigenvalue weighted by molar-refractivity contribution is -0.0543. The molecule has 0 radical (unpaired) electrons. The van der Waals surface area contributed by atoms with Crippen LogP contribution in [0.1, 0.15) is 5.56 Å². The van der Waals surface area contributed by atoms with Gasteiger partial charge >= 0.3 is 13.2 Å². The van der Waals surface area contributed by atoms with Gasteiger partial charge in [-0.25, -0.2) is 0 Å². The van der Waals surface area contributed by atoms with Crippen molar-refractivity contribution in [3.05, 3.63) is 23.8 Å². The summed E-state index contributed by atoms with van der Waals surface area (Å²) in [6.07, 6.45) is 0. The van der Waals surface area contributed by atoms with Crippen LogP contribution in [0, 0.1) is 11.3 Å². The van der Waals surface area contributed by atoms with Crippen LogP contribution in [-0.2, 0) is 0 Å². The standard InChI is InChI=1S/C9H5F4NO2/c10-8(11)15-6-2-1-5(4-14)7(3-6)16-9(12)13/h1-3,8-9H. The second kappa shape index (κ2) is 5.21. The fraction of sp³-hybridized carbons (Fsp3) is 0.222. The van der Waals surface area contributed by atoms with Crippen molar-refractivity contribution in [3.63, 3.8) is 0 Å². The molecule has 0 bridgehead atoms. The van der Waals surface area contributed by atoms with Crippen molar-refractivity contribution < 1.29 is 27.0 Å². The highest BCUT2D eigenvalue weighted by atomic mass is 19.3. The molecule has 0 aliphatic carbocycles. The highest BCUT2D eigenvalue weighted by Gasteiger charge is 2.12. The van der Waals surface area contributed by atoms with Crippen LogP contribution in [0.15, 0.2) is 18.2 Å². The van der Waals surface area contributed by atoms with Gasteiger partial charge in [-0.2, -0.15) is 22.8 Å². The van der Waals surface area contributed by atoms with Crippen LogP contribution < -0.4 is 9.47 Å². The molecule has 0 spiro atoms. The van der Waals surface area contributed by atoms with Gasteiger partial charge < -0.3 is 9.47 Å². The maximum atomic E-state index is 11.9. The molecule has 0 N–H and O–H groups in total. The van der Waals surface area contributed by atoms with E-state index in [0.29, 0.717) is 0 Å². The summed E-state index contributed by atoms with van der Waals surface area (Å²) in [7, 11) is 0. The molecule has 0 aliphatic heterocycles. The molecule has 7 heteroatoms.